The van der Waals surface area contributed by atoms with Gasteiger partial charge in [0.2, 0.25) is 5.91 Å². The Hall–Kier alpha value is -2.11. The van der Waals surface area contributed by atoms with Crippen molar-refractivity contribution >= 4 is 11.9 Å². The van der Waals surface area contributed by atoms with E-state index in [2.05, 4.69) is 10.4 Å². The first-order valence-corrected chi connectivity index (χ1v) is 7.08. The number of nitrogens with zero attached hydrogens (tertiary/aromatic N) is 2. The Bertz CT molecular complexity index is 577. The van der Waals surface area contributed by atoms with E-state index >= 15 is 0 Å². The largest absolute Gasteiger partial charge is 0.481 e. The normalized spacial score (nSPS) is 22.8. The first-order valence-electron chi connectivity index (χ1n) is 7.08. The van der Waals surface area contributed by atoms with Gasteiger partial charge >= 0.3 is 5.97 Å². The second kappa shape index (κ2) is 6.11. The molecule has 0 fully saturated rings. The second-order valence-corrected chi connectivity index (χ2v) is 5.57. The van der Waals surface area contributed by atoms with Crippen LogP contribution >= 0.6 is 0 Å². The quantitative estimate of drug-likeness (QED) is 0.825. The van der Waals surface area contributed by atoms with Gasteiger partial charge < -0.3 is 10.4 Å². The van der Waals surface area contributed by atoms with Crippen LogP contribution < -0.4 is 5.32 Å². The molecule has 0 spiro atoms. The van der Waals surface area contributed by atoms with Crippen molar-refractivity contribution in [2.24, 2.45) is 18.9 Å². The number of allylic oxidation sites excluding steroid dienone is 2. The van der Waals surface area contributed by atoms with Gasteiger partial charge in [0.05, 0.1) is 23.6 Å². The average molecular weight is 291 g/mol. The maximum Gasteiger partial charge on any atom is 0.307 e. The zero-order valence-corrected chi connectivity index (χ0v) is 12.5. The predicted octanol–water partition coefficient (Wildman–Crippen LogP) is 1.57. The number of carboxylic acid groups (broad SMARTS) is 1. The molecule has 0 saturated carbocycles. The zero-order valence-electron chi connectivity index (χ0n) is 12.5. The van der Waals surface area contributed by atoms with Gasteiger partial charge in [0.1, 0.15) is 0 Å². The Balaban J connectivity index is 2.08. The van der Waals surface area contributed by atoms with Gasteiger partial charge in [-0.25, -0.2) is 0 Å². The van der Waals surface area contributed by atoms with Crippen molar-refractivity contribution in [3.8, 4) is 0 Å². The van der Waals surface area contributed by atoms with Crippen LogP contribution in [0.5, 0.6) is 0 Å². The van der Waals surface area contributed by atoms with Crippen LogP contribution in [0.2, 0.25) is 0 Å². The van der Waals surface area contributed by atoms with E-state index in [1.54, 1.807) is 4.68 Å². The third-order valence-corrected chi connectivity index (χ3v) is 3.96. The molecule has 6 nitrogen and oxygen atoms in total. The van der Waals surface area contributed by atoms with Gasteiger partial charge in [-0.2, -0.15) is 5.10 Å². The molecule has 114 valence electrons. The number of carboxylic acids is 1. The summed E-state index contributed by atoms with van der Waals surface area (Å²) in [6, 6.07) is -0.188. The first-order chi connectivity index (χ1) is 9.90. The van der Waals surface area contributed by atoms with Crippen molar-refractivity contribution in [2.75, 3.05) is 0 Å². The summed E-state index contributed by atoms with van der Waals surface area (Å²) in [4.78, 5) is 23.6. The van der Waals surface area contributed by atoms with Crippen molar-refractivity contribution in [3.63, 3.8) is 0 Å². The highest BCUT2D eigenvalue weighted by Crippen LogP contribution is 2.27. The third-order valence-electron chi connectivity index (χ3n) is 3.96. The van der Waals surface area contributed by atoms with E-state index in [0.29, 0.717) is 12.8 Å². The number of rotatable bonds is 4. The molecule has 1 aliphatic carbocycles. The SMILES string of the molecule is Cc1nn(C)cc1[C@H](C)NC(=O)[C@H]1CC=CC[C@@H]1C(=O)O. The molecule has 3 atom stereocenters. The minimum atomic E-state index is -0.912. The fourth-order valence-electron chi connectivity index (χ4n) is 2.82. The lowest BCUT2D eigenvalue weighted by molar-refractivity contribution is -0.147. The van der Waals surface area contributed by atoms with E-state index in [0.717, 1.165) is 11.3 Å². The Morgan fingerprint density at radius 2 is 2.00 bits per heavy atom. The molecule has 1 heterocycles. The van der Waals surface area contributed by atoms with Crippen LogP contribution in [0.25, 0.3) is 0 Å². The summed E-state index contributed by atoms with van der Waals surface area (Å²) in [6.45, 7) is 3.78. The van der Waals surface area contributed by atoms with E-state index < -0.39 is 17.8 Å². The van der Waals surface area contributed by atoms with Crippen molar-refractivity contribution in [3.05, 3.63) is 29.6 Å². The number of nitrogens with one attached hydrogen (secondary N) is 1. The Morgan fingerprint density at radius 3 is 2.52 bits per heavy atom. The van der Waals surface area contributed by atoms with Crippen LogP contribution in [0.3, 0.4) is 0 Å². The third kappa shape index (κ3) is 3.32. The topological polar surface area (TPSA) is 84.2 Å². The highest BCUT2D eigenvalue weighted by molar-refractivity contribution is 5.85. The average Bonchev–Trinajstić information content (AvgIpc) is 2.77. The van der Waals surface area contributed by atoms with Crippen LogP contribution in [-0.4, -0.2) is 26.8 Å². The van der Waals surface area contributed by atoms with Gasteiger partial charge in [-0.05, 0) is 26.7 Å². The Kier molecular flexibility index (Phi) is 4.45. The fourth-order valence-corrected chi connectivity index (χ4v) is 2.82. The van der Waals surface area contributed by atoms with Crippen molar-refractivity contribution in [2.45, 2.75) is 32.7 Å². The first kappa shape index (κ1) is 15.3. The van der Waals surface area contributed by atoms with Crippen LogP contribution in [0.1, 0.15) is 37.1 Å². The van der Waals surface area contributed by atoms with Gasteiger partial charge in [-0.3, -0.25) is 14.3 Å². The molecule has 1 amide bonds. The summed E-state index contributed by atoms with van der Waals surface area (Å²) in [5.74, 6) is -2.27. The summed E-state index contributed by atoms with van der Waals surface area (Å²) >= 11 is 0. The van der Waals surface area contributed by atoms with Crippen molar-refractivity contribution in [1.82, 2.24) is 15.1 Å². The van der Waals surface area contributed by atoms with Gasteiger partial charge in [0, 0.05) is 18.8 Å². The Morgan fingerprint density at radius 1 is 1.38 bits per heavy atom. The van der Waals surface area contributed by atoms with Crippen molar-refractivity contribution in [1.29, 1.82) is 0 Å². The zero-order chi connectivity index (χ0) is 15.6. The van der Waals surface area contributed by atoms with Gasteiger partial charge in [-0.1, -0.05) is 12.2 Å². The summed E-state index contributed by atoms with van der Waals surface area (Å²) in [5.41, 5.74) is 1.81. The van der Waals surface area contributed by atoms with Crippen LogP contribution in [-0.2, 0) is 16.6 Å². The van der Waals surface area contributed by atoms with E-state index in [-0.39, 0.29) is 11.9 Å². The van der Waals surface area contributed by atoms with Gasteiger partial charge in [0.25, 0.3) is 0 Å². The number of hydrogen-bond donors (Lipinski definition) is 2. The van der Waals surface area contributed by atoms with E-state index in [1.807, 2.05) is 39.2 Å². The molecule has 0 bridgehead atoms. The van der Waals surface area contributed by atoms with Gasteiger partial charge in [-0.15, -0.1) is 0 Å². The standard InChI is InChI=1S/C15H21N3O3/c1-9(13-8-18(3)17-10(13)2)16-14(19)11-6-4-5-7-12(11)15(20)21/h4-5,8-9,11-12H,6-7H2,1-3H3,(H,16,19)(H,20,21)/t9-,11-,12-/m0/s1. The molecule has 0 radical (unpaired) electrons. The number of aromatic nitrogens is 2. The molecule has 21 heavy (non-hydrogen) atoms. The van der Waals surface area contributed by atoms with Crippen molar-refractivity contribution < 1.29 is 14.7 Å². The van der Waals surface area contributed by atoms with Crippen LogP contribution in [0.15, 0.2) is 18.3 Å². The second-order valence-electron chi connectivity index (χ2n) is 5.57. The van der Waals surface area contributed by atoms with E-state index in [1.165, 1.54) is 0 Å². The number of hydrogen-bond acceptors (Lipinski definition) is 3. The fraction of sp³-hybridized carbons (Fsp3) is 0.533. The molecule has 2 rings (SSSR count). The lowest BCUT2D eigenvalue weighted by Gasteiger charge is -2.26. The molecular weight excluding hydrogens is 270 g/mol. The maximum atomic E-state index is 12.4. The lowest BCUT2D eigenvalue weighted by atomic mass is 9.82. The Labute approximate surface area is 123 Å². The summed E-state index contributed by atoms with van der Waals surface area (Å²) < 4.78 is 1.71. The smallest absolute Gasteiger partial charge is 0.307 e. The van der Waals surface area contributed by atoms with E-state index in [9.17, 15) is 14.7 Å². The highest BCUT2D eigenvalue weighted by atomic mass is 16.4. The number of aliphatic carboxylic acids is 1. The number of aryl methyl sites for hydroxylation is 2. The maximum absolute atomic E-state index is 12.4. The lowest BCUT2D eigenvalue weighted by Crippen LogP contribution is -2.39. The van der Waals surface area contributed by atoms with Crippen LogP contribution in [0.4, 0.5) is 0 Å². The number of carbonyl (C=O) groups excluding carboxylic acids is 1. The molecule has 1 aromatic rings. The minimum Gasteiger partial charge on any atom is -0.481 e. The molecular formula is C15H21N3O3. The molecule has 0 saturated heterocycles. The monoisotopic (exact) mass is 291 g/mol. The predicted molar refractivity (Wildman–Crippen MR) is 77.5 cm³/mol. The molecule has 0 unspecified atom stereocenters. The molecule has 0 aromatic carbocycles. The minimum absolute atomic E-state index is 0.188. The molecule has 1 aromatic heterocycles. The molecule has 2 N–H and O–H groups in total. The summed E-state index contributed by atoms with van der Waals surface area (Å²) in [5, 5.41) is 16.4. The summed E-state index contributed by atoms with van der Waals surface area (Å²) in [7, 11) is 1.83. The molecule has 6 heteroatoms. The van der Waals surface area contributed by atoms with E-state index in [4.69, 9.17) is 0 Å². The number of amides is 1. The number of carbonyl (C=O) groups is 2. The molecule has 1 aliphatic rings. The van der Waals surface area contributed by atoms with Gasteiger partial charge in [0.15, 0.2) is 0 Å². The highest BCUT2D eigenvalue weighted by Gasteiger charge is 2.34. The summed E-state index contributed by atoms with van der Waals surface area (Å²) in [6.07, 6.45) is 6.46. The van der Waals surface area contributed by atoms with Crippen LogP contribution in [0, 0.1) is 18.8 Å². The molecule has 0 aliphatic heterocycles.